The van der Waals surface area contributed by atoms with Crippen LogP contribution in [0.3, 0.4) is 0 Å². The van der Waals surface area contributed by atoms with E-state index in [1.54, 1.807) is 12.1 Å². The van der Waals surface area contributed by atoms with Gasteiger partial charge in [0.25, 0.3) is 0 Å². The monoisotopic (exact) mass is 406 g/mol. The van der Waals surface area contributed by atoms with Crippen molar-refractivity contribution in [3.05, 3.63) is 47.4 Å². The molecule has 0 N–H and O–H groups in total. The predicted molar refractivity (Wildman–Crippen MR) is 111 cm³/mol. The summed E-state index contributed by atoms with van der Waals surface area (Å²) >= 11 is 0. The van der Waals surface area contributed by atoms with Gasteiger partial charge in [-0.25, -0.2) is 18.2 Å². The van der Waals surface area contributed by atoms with Crippen LogP contribution in [0.25, 0.3) is 11.1 Å². The van der Waals surface area contributed by atoms with Crippen molar-refractivity contribution in [3.63, 3.8) is 0 Å². The average Bonchev–Trinajstić information content (AvgIpc) is 2.76. The summed E-state index contributed by atoms with van der Waals surface area (Å²) in [6.45, 7) is 13.5. The normalized spacial score (nSPS) is 15.3. The van der Waals surface area contributed by atoms with Crippen LogP contribution in [0.1, 0.15) is 19.4 Å². The molecule has 1 aliphatic heterocycles. The van der Waals surface area contributed by atoms with Crippen LogP contribution in [-0.4, -0.2) is 67.1 Å². The lowest BCUT2D eigenvalue weighted by atomic mass is 10.0. The number of hydrogen-bond donors (Lipinski definition) is 0. The van der Waals surface area contributed by atoms with Crippen molar-refractivity contribution in [1.29, 1.82) is 0 Å². The highest BCUT2D eigenvalue weighted by atomic mass is 19.2. The maximum atomic E-state index is 14.2. The molecule has 1 aliphatic rings. The van der Waals surface area contributed by atoms with Gasteiger partial charge in [-0.1, -0.05) is 13.8 Å². The van der Waals surface area contributed by atoms with Gasteiger partial charge in [-0.15, -0.1) is 0 Å². The number of likely N-dealkylation sites (N-methyl/N-ethyl adjacent to an activating group) is 1. The van der Waals surface area contributed by atoms with Crippen molar-refractivity contribution in [1.82, 2.24) is 14.8 Å². The van der Waals surface area contributed by atoms with E-state index in [9.17, 15) is 13.2 Å². The van der Waals surface area contributed by atoms with Crippen LogP contribution >= 0.6 is 0 Å². The molecular weight excluding hydrogens is 377 g/mol. The van der Waals surface area contributed by atoms with Crippen molar-refractivity contribution < 1.29 is 13.2 Å². The third-order valence-corrected chi connectivity index (χ3v) is 5.77. The number of rotatable bonds is 7. The molecular formula is C22H29F3N4. The molecule has 0 bridgehead atoms. The number of halogens is 3. The number of nitrogens with zero attached hydrogens (tertiary/aromatic N) is 4. The second kappa shape index (κ2) is 9.59. The average molecular weight is 406 g/mol. The Morgan fingerprint density at radius 3 is 2.28 bits per heavy atom. The highest BCUT2D eigenvalue weighted by Gasteiger charge is 2.20. The first kappa shape index (κ1) is 21.6. The molecule has 1 fully saturated rings. The van der Waals surface area contributed by atoms with E-state index in [-0.39, 0.29) is 11.1 Å². The zero-order chi connectivity index (χ0) is 21.0. The summed E-state index contributed by atoms with van der Waals surface area (Å²) < 4.78 is 41.9. The molecule has 158 valence electrons. The van der Waals surface area contributed by atoms with Crippen molar-refractivity contribution in [2.24, 2.45) is 0 Å². The Morgan fingerprint density at radius 1 is 1.00 bits per heavy atom. The molecule has 0 atom stereocenters. The maximum Gasteiger partial charge on any atom is 0.167 e. The standard InChI is InChI=1S/C22H29F3N4/c1-4-27(5-2)8-9-28-10-12-29(13-11-28)20-7-6-17(15-26-20)18-14-19(23)16(3)21(24)22(18)25/h6-7,14-15H,4-5,8-13H2,1-3H3. The fourth-order valence-electron chi connectivity index (χ4n) is 3.65. The smallest absolute Gasteiger partial charge is 0.167 e. The molecule has 4 nitrogen and oxygen atoms in total. The van der Waals surface area contributed by atoms with Crippen molar-refractivity contribution in [2.45, 2.75) is 20.8 Å². The van der Waals surface area contributed by atoms with E-state index >= 15 is 0 Å². The maximum absolute atomic E-state index is 14.2. The van der Waals surface area contributed by atoms with Gasteiger partial charge in [-0.3, -0.25) is 4.90 Å². The van der Waals surface area contributed by atoms with Gasteiger partial charge in [0, 0.05) is 62.2 Å². The van der Waals surface area contributed by atoms with Crippen molar-refractivity contribution in [3.8, 4) is 11.1 Å². The Balaban J connectivity index is 1.62. The summed E-state index contributed by atoms with van der Waals surface area (Å²) in [5.74, 6) is -2.15. The Bertz CT molecular complexity index is 814. The number of anilines is 1. The number of benzene rings is 1. The van der Waals surface area contributed by atoms with Gasteiger partial charge in [-0.2, -0.15) is 0 Å². The molecule has 29 heavy (non-hydrogen) atoms. The number of aromatic nitrogens is 1. The van der Waals surface area contributed by atoms with Crippen molar-refractivity contribution in [2.75, 3.05) is 57.3 Å². The Kier molecular flexibility index (Phi) is 7.14. The summed E-state index contributed by atoms with van der Waals surface area (Å²) in [5.41, 5.74) is -0.0533. The first-order chi connectivity index (χ1) is 13.9. The second-order valence-corrected chi connectivity index (χ2v) is 7.42. The van der Waals surface area contributed by atoms with Gasteiger partial charge in [0.05, 0.1) is 0 Å². The second-order valence-electron chi connectivity index (χ2n) is 7.42. The van der Waals surface area contributed by atoms with E-state index in [1.807, 2.05) is 0 Å². The zero-order valence-corrected chi connectivity index (χ0v) is 17.4. The SMILES string of the molecule is CCN(CC)CCN1CCN(c2ccc(-c3cc(F)c(C)c(F)c3F)cn2)CC1. The Hall–Kier alpha value is -2.12. The molecule has 0 spiro atoms. The number of pyridine rings is 1. The van der Waals surface area contributed by atoms with Crippen LogP contribution in [0.4, 0.5) is 19.0 Å². The molecule has 2 heterocycles. The van der Waals surface area contributed by atoms with E-state index < -0.39 is 17.5 Å². The topological polar surface area (TPSA) is 22.6 Å². The summed E-state index contributed by atoms with van der Waals surface area (Å²) in [7, 11) is 0. The van der Waals surface area contributed by atoms with E-state index in [4.69, 9.17) is 0 Å². The molecule has 0 radical (unpaired) electrons. The number of hydrogen-bond acceptors (Lipinski definition) is 4. The highest BCUT2D eigenvalue weighted by Crippen LogP contribution is 2.28. The Morgan fingerprint density at radius 2 is 1.69 bits per heavy atom. The van der Waals surface area contributed by atoms with E-state index in [0.29, 0.717) is 5.56 Å². The minimum Gasteiger partial charge on any atom is -0.354 e. The molecule has 7 heteroatoms. The molecule has 3 rings (SSSR count). The van der Waals surface area contributed by atoms with Crippen LogP contribution in [0.2, 0.25) is 0 Å². The van der Waals surface area contributed by atoms with E-state index in [0.717, 1.165) is 64.2 Å². The summed E-state index contributed by atoms with van der Waals surface area (Å²) in [6, 6.07) is 4.48. The minimum absolute atomic E-state index is 0.106. The molecule has 1 aromatic heterocycles. The van der Waals surface area contributed by atoms with E-state index in [1.165, 1.54) is 13.1 Å². The van der Waals surface area contributed by atoms with Crippen LogP contribution in [0.5, 0.6) is 0 Å². The van der Waals surface area contributed by atoms with Crippen LogP contribution in [-0.2, 0) is 0 Å². The first-order valence-electron chi connectivity index (χ1n) is 10.2. The van der Waals surface area contributed by atoms with Crippen LogP contribution in [0, 0.1) is 24.4 Å². The molecule has 1 aromatic carbocycles. The minimum atomic E-state index is -1.15. The molecule has 0 aliphatic carbocycles. The quantitative estimate of drug-likeness (QED) is 0.650. The number of piperazine rings is 1. The van der Waals surface area contributed by atoms with Gasteiger partial charge < -0.3 is 9.80 Å². The summed E-state index contributed by atoms with van der Waals surface area (Å²) in [5, 5.41) is 0. The molecule has 0 unspecified atom stereocenters. The fraction of sp³-hybridized carbons (Fsp3) is 0.500. The lowest BCUT2D eigenvalue weighted by molar-refractivity contribution is 0.205. The first-order valence-corrected chi connectivity index (χ1v) is 10.2. The lowest BCUT2D eigenvalue weighted by Crippen LogP contribution is -2.48. The third-order valence-electron chi connectivity index (χ3n) is 5.77. The molecule has 2 aromatic rings. The van der Waals surface area contributed by atoms with Gasteiger partial charge in [0.15, 0.2) is 11.6 Å². The Labute approximate surface area is 170 Å². The lowest BCUT2D eigenvalue weighted by Gasteiger charge is -2.36. The molecule has 0 saturated carbocycles. The van der Waals surface area contributed by atoms with Gasteiger partial charge >= 0.3 is 0 Å². The van der Waals surface area contributed by atoms with E-state index in [2.05, 4.69) is 33.5 Å². The predicted octanol–water partition coefficient (Wildman–Crippen LogP) is 3.94. The molecule has 0 amide bonds. The summed E-state index contributed by atoms with van der Waals surface area (Å²) in [4.78, 5) is 11.5. The van der Waals surface area contributed by atoms with Gasteiger partial charge in [0.1, 0.15) is 11.6 Å². The summed E-state index contributed by atoms with van der Waals surface area (Å²) in [6.07, 6.45) is 1.48. The highest BCUT2D eigenvalue weighted by molar-refractivity contribution is 5.65. The molecule has 1 saturated heterocycles. The van der Waals surface area contributed by atoms with Gasteiger partial charge in [0.2, 0.25) is 0 Å². The largest absolute Gasteiger partial charge is 0.354 e. The van der Waals surface area contributed by atoms with Crippen molar-refractivity contribution >= 4 is 5.82 Å². The van der Waals surface area contributed by atoms with Crippen LogP contribution < -0.4 is 4.90 Å². The fourth-order valence-corrected chi connectivity index (χ4v) is 3.65. The van der Waals surface area contributed by atoms with Gasteiger partial charge in [-0.05, 0) is 38.2 Å². The van der Waals surface area contributed by atoms with Crippen LogP contribution in [0.15, 0.2) is 24.4 Å². The third kappa shape index (κ3) is 4.90. The zero-order valence-electron chi connectivity index (χ0n) is 17.4.